The number of ether oxygens (including phenoxy) is 2. The van der Waals surface area contributed by atoms with Gasteiger partial charge in [0.2, 0.25) is 0 Å². The van der Waals surface area contributed by atoms with Gasteiger partial charge in [-0.25, -0.2) is 14.6 Å². The Hall–Kier alpha value is -2.21. The number of pyridine rings is 1. The highest BCUT2D eigenvalue weighted by Gasteiger charge is 2.17. The smallest absolute Gasteiger partial charge is 0.356 e. The largest absolute Gasteiger partial charge is 0.461 e. The Morgan fingerprint density at radius 1 is 0.913 bits per heavy atom. The standard InChI is InChI=1S/C17H16BrNO4/c1-3-22-16(20)14-9-12(11-5-7-13(18)8-6-11)10-15(19-14)17(21)23-4-2/h5-10H,3-4H2,1-2H3. The molecule has 0 amide bonds. The van der Waals surface area contributed by atoms with E-state index in [1.807, 2.05) is 24.3 Å². The molecule has 0 saturated heterocycles. The molecule has 0 aliphatic heterocycles. The molecule has 1 aromatic carbocycles. The van der Waals surface area contributed by atoms with Gasteiger partial charge >= 0.3 is 11.9 Å². The Balaban J connectivity index is 2.50. The summed E-state index contributed by atoms with van der Waals surface area (Å²) in [6.07, 6.45) is 0. The van der Waals surface area contributed by atoms with Crippen LogP contribution in [0.5, 0.6) is 0 Å². The van der Waals surface area contributed by atoms with Gasteiger partial charge in [0.05, 0.1) is 13.2 Å². The molecule has 120 valence electrons. The molecule has 0 aliphatic rings. The third-order valence-corrected chi connectivity index (χ3v) is 3.50. The molecule has 0 atom stereocenters. The second-order valence-corrected chi connectivity index (χ2v) is 5.49. The first-order chi connectivity index (χ1) is 11.0. The molecule has 2 aromatic rings. The van der Waals surface area contributed by atoms with Gasteiger partial charge in [-0.3, -0.25) is 0 Å². The van der Waals surface area contributed by atoms with Gasteiger partial charge in [0.25, 0.3) is 0 Å². The summed E-state index contributed by atoms with van der Waals surface area (Å²) in [5.74, 6) is -1.14. The number of carbonyl (C=O) groups excluding carboxylic acids is 2. The van der Waals surface area contributed by atoms with Crippen molar-refractivity contribution in [3.63, 3.8) is 0 Å². The van der Waals surface area contributed by atoms with Crippen molar-refractivity contribution in [3.05, 3.63) is 52.3 Å². The predicted molar refractivity (Wildman–Crippen MR) is 89.3 cm³/mol. The normalized spacial score (nSPS) is 10.2. The number of rotatable bonds is 5. The zero-order chi connectivity index (χ0) is 16.8. The van der Waals surface area contributed by atoms with Crippen LogP contribution in [0, 0.1) is 0 Å². The van der Waals surface area contributed by atoms with E-state index in [1.54, 1.807) is 26.0 Å². The van der Waals surface area contributed by atoms with E-state index < -0.39 is 11.9 Å². The van der Waals surface area contributed by atoms with E-state index >= 15 is 0 Å². The van der Waals surface area contributed by atoms with E-state index in [4.69, 9.17) is 9.47 Å². The summed E-state index contributed by atoms with van der Waals surface area (Å²) in [5.41, 5.74) is 1.70. The van der Waals surface area contributed by atoms with Gasteiger partial charge in [0.1, 0.15) is 11.4 Å². The summed E-state index contributed by atoms with van der Waals surface area (Å²) in [6.45, 7) is 3.89. The van der Waals surface area contributed by atoms with Crippen LogP contribution in [0.2, 0.25) is 0 Å². The average molecular weight is 378 g/mol. The van der Waals surface area contributed by atoms with Crippen molar-refractivity contribution < 1.29 is 19.1 Å². The van der Waals surface area contributed by atoms with E-state index in [2.05, 4.69) is 20.9 Å². The fourth-order valence-electron chi connectivity index (χ4n) is 1.96. The monoisotopic (exact) mass is 377 g/mol. The van der Waals surface area contributed by atoms with E-state index in [0.717, 1.165) is 10.0 Å². The molecule has 0 radical (unpaired) electrons. The molecule has 5 nitrogen and oxygen atoms in total. The lowest BCUT2D eigenvalue weighted by atomic mass is 10.0. The first-order valence-corrected chi connectivity index (χ1v) is 7.96. The fraction of sp³-hybridized carbons (Fsp3) is 0.235. The number of carbonyl (C=O) groups is 2. The zero-order valence-corrected chi connectivity index (χ0v) is 14.4. The van der Waals surface area contributed by atoms with Crippen molar-refractivity contribution >= 4 is 27.9 Å². The van der Waals surface area contributed by atoms with Crippen LogP contribution in [0.15, 0.2) is 40.9 Å². The molecule has 0 N–H and O–H groups in total. The summed E-state index contributed by atoms with van der Waals surface area (Å²) in [5, 5.41) is 0. The number of halogens is 1. The molecule has 1 aromatic heterocycles. The van der Waals surface area contributed by atoms with Crippen molar-refractivity contribution in [2.24, 2.45) is 0 Å². The molecular weight excluding hydrogens is 362 g/mol. The molecule has 0 unspecified atom stereocenters. The highest BCUT2D eigenvalue weighted by Crippen LogP contribution is 2.24. The predicted octanol–water partition coefficient (Wildman–Crippen LogP) is 3.86. The maximum atomic E-state index is 12.0. The Labute approximate surface area is 142 Å². The lowest BCUT2D eigenvalue weighted by molar-refractivity contribution is 0.0511. The van der Waals surface area contributed by atoms with E-state index in [9.17, 15) is 9.59 Å². The Kier molecular flexibility index (Phi) is 5.87. The van der Waals surface area contributed by atoms with Crippen LogP contribution in [0.25, 0.3) is 11.1 Å². The van der Waals surface area contributed by atoms with Gasteiger partial charge in [-0.1, -0.05) is 28.1 Å². The zero-order valence-electron chi connectivity index (χ0n) is 12.8. The lowest BCUT2D eigenvalue weighted by Gasteiger charge is -2.09. The number of hydrogen-bond acceptors (Lipinski definition) is 5. The van der Waals surface area contributed by atoms with Crippen LogP contribution < -0.4 is 0 Å². The highest BCUT2D eigenvalue weighted by atomic mass is 79.9. The van der Waals surface area contributed by atoms with Crippen LogP contribution in [0.3, 0.4) is 0 Å². The van der Waals surface area contributed by atoms with Crippen LogP contribution in [0.4, 0.5) is 0 Å². The number of hydrogen-bond donors (Lipinski definition) is 0. The van der Waals surface area contributed by atoms with Crippen LogP contribution in [-0.4, -0.2) is 30.1 Å². The molecule has 0 fully saturated rings. The first kappa shape index (κ1) is 17.1. The summed E-state index contributed by atoms with van der Waals surface area (Å²) < 4.78 is 10.9. The second kappa shape index (κ2) is 7.87. The first-order valence-electron chi connectivity index (χ1n) is 7.17. The van der Waals surface area contributed by atoms with Crippen molar-refractivity contribution in [1.29, 1.82) is 0 Å². The molecule has 0 bridgehead atoms. The average Bonchev–Trinajstić information content (AvgIpc) is 2.55. The molecule has 23 heavy (non-hydrogen) atoms. The molecule has 0 aliphatic carbocycles. The number of esters is 2. The van der Waals surface area contributed by atoms with E-state index in [0.29, 0.717) is 5.56 Å². The molecule has 6 heteroatoms. The summed E-state index contributed by atoms with van der Waals surface area (Å²) in [7, 11) is 0. The number of nitrogens with zero attached hydrogens (tertiary/aromatic N) is 1. The van der Waals surface area contributed by atoms with Crippen LogP contribution in [0.1, 0.15) is 34.8 Å². The molecule has 0 spiro atoms. The fourth-order valence-corrected chi connectivity index (χ4v) is 2.22. The van der Waals surface area contributed by atoms with Gasteiger partial charge < -0.3 is 9.47 Å². The van der Waals surface area contributed by atoms with Crippen LogP contribution >= 0.6 is 15.9 Å². The number of benzene rings is 1. The SMILES string of the molecule is CCOC(=O)c1cc(-c2ccc(Br)cc2)cc(C(=O)OCC)n1. The third-order valence-electron chi connectivity index (χ3n) is 2.97. The minimum Gasteiger partial charge on any atom is -0.461 e. The molecule has 0 saturated carbocycles. The minimum absolute atomic E-state index is 0.0790. The molecule has 1 heterocycles. The number of aromatic nitrogens is 1. The summed E-state index contributed by atoms with van der Waals surface area (Å²) in [4.78, 5) is 28.0. The third kappa shape index (κ3) is 4.39. The van der Waals surface area contributed by atoms with Gasteiger partial charge in [-0.2, -0.15) is 0 Å². The topological polar surface area (TPSA) is 65.5 Å². The van der Waals surface area contributed by atoms with Gasteiger partial charge in [-0.15, -0.1) is 0 Å². The highest BCUT2D eigenvalue weighted by molar-refractivity contribution is 9.10. The maximum absolute atomic E-state index is 12.0. The Morgan fingerprint density at radius 2 is 1.39 bits per heavy atom. The molecular formula is C17H16BrNO4. The summed E-state index contributed by atoms with van der Waals surface area (Å²) in [6, 6.07) is 10.7. The molecule has 2 rings (SSSR count). The van der Waals surface area contributed by atoms with Crippen molar-refractivity contribution in [2.45, 2.75) is 13.8 Å². The van der Waals surface area contributed by atoms with Crippen molar-refractivity contribution in [3.8, 4) is 11.1 Å². The quantitative estimate of drug-likeness (QED) is 0.740. The maximum Gasteiger partial charge on any atom is 0.356 e. The van der Waals surface area contributed by atoms with Gasteiger partial charge in [-0.05, 0) is 49.2 Å². The van der Waals surface area contributed by atoms with Gasteiger partial charge in [0, 0.05) is 4.47 Å². The second-order valence-electron chi connectivity index (χ2n) is 4.57. The lowest BCUT2D eigenvalue weighted by Crippen LogP contribution is -2.13. The van der Waals surface area contributed by atoms with E-state index in [-0.39, 0.29) is 24.6 Å². The van der Waals surface area contributed by atoms with E-state index in [1.165, 1.54) is 0 Å². The van der Waals surface area contributed by atoms with Gasteiger partial charge in [0.15, 0.2) is 0 Å². The summed E-state index contributed by atoms with van der Waals surface area (Å²) >= 11 is 3.37. The Bertz CT molecular complexity index is 677. The van der Waals surface area contributed by atoms with Crippen molar-refractivity contribution in [2.75, 3.05) is 13.2 Å². The minimum atomic E-state index is -0.572. The Morgan fingerprint density at radius 3 is 1.83 bits per heavy atom. The van der Waals surface area contributed by atoms with Crippen LogP contribution in [-0.2, 0) is 9.47 Å². The van der Waals surface area contributed by atoms with Crippen molar-refractivity contribution in [1.82, 2.24) is 4.98 Å².